The molecular weight excluding hydrogens is 332 g/mol. The number of thiol groups is 1. The Morgan fingerprint density at radius 1 is 1.00 bits per heavy atom. The van der Waals surface area contributed by atoms with Crippen LogP contribution in [-0.4, -0.2) is 16.9 Å². The van der Waals surface area contributed by atoms with Crippen LogP contribution in [0.25, 0.3) is 0 Å². The summed E-state index contributed by atoms with van der Waals surface area (Å²) in [6, 6.07) is 5.33. The van der Waals surface area contributed by atoms with Crippen LogP contribution in [0.15, 0.2) is 18.2 Å². The summed E-state index contributed by atoms with van der Waals surface area (Å²) in [6.07, 6.45) is 11.4. The number of aliphatic carboxylic acids is 1. The summed E-state index contributed by atoms with van der Waals surface area (Å²) in [5.41, 5.74) is 1.98. The van der Waals surface area contributed by atoms with E-state index >= 15 is 0 Å². The van der Waals surface area contributed by atoms with Gasteiger partial charge in [-0.15, -0.1) is 0 Å². The Bertz CT molecular complexity index is 554. The van der Waals surface area contributed by atoms with Crippen LogP contribution in [0.4, 0.5) is 0 Å². The van der Waals surface area contributed by atoms with E-state index in [1.54, 1.807) is 12.1 Å². The smallest absolute Gasteiger partial charge is 0.320 e. The first-order chi connectivity index (χ1) is 12.0. The first kappa shape index (κ1) is 21.8. The monoisotopic (exact) mass is 364 g/mol. The maximum absolute atomic E-state index is 12.5. The fraction of sp³-hybridized carbons (Fsp3) is 0.619. The summed E-state index contributed by atoms with van der Waals surface area (Å²) in [6.45, 7) is 4.14. The molecule has 0 amide bonds. The summed E-state index contributed by atoms with van der Waals surface area (Å²) >= 11 is 4.13. The molecule has 0 aromatic heterocycles. The Balaban J connectivity index is 2.42. The van der Waals surface area contributed by atoms with Gasteiger partial charge in [0.1, 0.15) is 5.25 Å². The molecule has 0 spiro atoms. The van der Waals surface area contributed by atoms with Gasteiger partial charge in [0.2, 0.25) is 0 Å². The number of hydrogen-bond donors (Lipinski definition) is 2. The minimum Gasteiger partial charge on any atom is -0.480 e. The largest absolute Gasteiger partial charge is 0.480 e. The van der Waals surface area contributed by atoms with Crippen molar-refractivity contribution in [1.29, 1.82) is 0 Å². The predicted octanol–water partition coefficient (Wildman–Crippen LogP) is 6.15. The van der Waals surface area contributed by atoms with E-state index < -0.39 is 11.2 Å². The lowest BCUT2D eigenvalue weighted by atomic mass is 9.95. The molecule has 140 valence electrons. The minimum absolute atomic E-state index is 0.0296. The molecule has 25 heavy (non-hydrogen) atoms. The van der Waals surface area contributed by atoms with Crippen LogP contribution in [0.3, 0.4) is 0 Å². The van der Waals surface area contributed by atoms with Crippen molar-refractivity contribution in [2.45, 2.75) is 83.3 Å². The quantitative estimate of drug-likeness (QED) is 0.250. The molecule has 1 unspecified atom stereocenters. The second-order valence-electron chi connectivity index (χ2n) is 6.83. The highest BCUT2D eigenvalue weighted by atomic mass is 32.1. The first-order valence-corrected chi connectivity index (χ1v) is 10.0. The number of rotatable bonds is 13. The molecule has 1 N–H and O–H groups in total. The molecule has 0 aliphatic heterocycles. The van der Waals surface area contributed by atoms with Crippen molar-refractivity contribution in [2.24, 2.45) is 0 Å². The third-order valence-corrected chi connectivity index (χ3v) is 5.04. The van der Waals surface area contributed by atoms with Crippen molar-refractivity contribution < 1.29 is 14.7 Å². The number of carbonyl (C=O) groups is 2. The van der Waals surface area contributed by atoms with Gasteiger partial charge in [-0.2, -0.15) is 12.6 Å². The van der Waals surface area contributed by atoms with E-state index in [2.05, 4.69) is 19.6 Å². The summed E-state index contributed by atoms with van der Waals surface area (Å²) < 4.78 is 0. The molecule has 1 aromatic carbocycles. The van der Waals surface area contributed by atoms with E-state index in [0.717, 1.165) is 18.4 Å². The summed E-state index contributed by atoms with van der Waals surface area (Å²) in [5, 5.41) is 8.22. The zero-order valence-electron chi connectivity index (χ0n) is 15.6. The fourth-order valence-electron chi connectivity index (χ4n) is 3.01. The van der Waals surface area contributed by atoms with E-state index in [1.165, 1.54) is 44.9 Å². The molecule has 1 aromatic rings. The van der Waals surface area contributed by atoms with Gasteiger partial charge in [0.05, 0.1) is 0 Å². The lowest BCUT2D eigenvalue weighted by Gasteiger charge is -2.13. The van der Waals surface area contributed by atoms with Crippen LogP contribution in [0.1, 0.15) is 97.9 Å². The van der Waals surface area contributed by atoms with Crippen LogP contribution in [0.2, 0.25) is 0 Å². The zero-order chi connectivity index (χ0) is 18.7. The maximum atomic E-state index is 12.5. The number of carbonyl (C=O) groups excluding carboxylic acids is 1. The van der Waals surface area contributed by atoms with E-state index in [-0.39, 0.29) is 5.78 Å². The van der Waals surface area contributed by atoms with Crippen LogP contribution < -0.4 is 0 Å². The van der Waals surface area contributed by atoms with Gasteiger partial charge < -0.3 is 5.11 Å². The summed E-state index contributed by atoms with van der Waals surface area (Å²) in [7, 11) is 0. The average Bonchev–Trinajstić information content (AvgIpc) is 2.59. The second kappa shape index (κ2) is 12.1. The normalized spacial score (nSPS) is 12.1. The van der Waals surface area contributed by atoms with Gasteiger partial charge in [0.25, 0.3) is 0 Å². The van der Waals surface area contributed by atoms with Crippen molar-refractivity contribution in [3.05, 3.63) is 34.9 Å². The van der Waals surface area contributed by atoms with Gasteiger partial charge in [-0.05, 0) is 25.0 Å². The molecule has 0 bridgehead atoms. The van der Waals surface area contributed by atoms with Gasteiger partial charge in [-0.1, -0.05) is 76.0 Å². The van der Waals surface area contributed by atoms with Crippen molar-refractivity contribution in [3.8, 4) is 0 Å². The molecule has 0 saturated heterocycles. The van der Waals surface area contributed by atoms with Gasteiger partial charge in [-0.25, -0.2) is 0 Å². The van der Waals surface area contributed by atoms with Gasteiger partial charge in [0, 0.05) is 12.0 Å². The minimum atomic E-state index is -1.02. The number of carboxylic acids is 1. The Morgan fingerprint density at radius 2 is 1.56 bits per heavy atom. The highest BCUT2D eigenvalue weighted by Gasteiger charge is 2.21. The summed E-state index contributed by atoms with van der Waals surface area (Å²) in [4.78, 5) is 23.7. The molecule has 0 fully saturated rings. The number of unbranched alkanes of at least 4 members (excludes halogenated alkanes) is 8. The fourth-order valence-corrected chi connectivity index (χ4v) is 3.24. The molecule has 3 nitrogen and oxygen atoms in total. The molecule has 0 aliphatic rings. The number of benzene rings is 1. The number of aryl methyl sites for hydroxylation is 1. The van der Waals surface area contributed by atoms with Gasteiger partial charge in [0.15, 0.2) is 5.78 Å². The van der Waals surface area contributed by atoms with Crippen molar-refractivity contribution in [1.82, 2.24) is 0 Å². The van der Waals surface area contributed by atoms with Crippen molar-refractivity contribution in [3.63, 3.8) is 0 Å². The molecule has 4 heteroatoms. The average molecular weight is 365 g/mol. The van der Waals surface area contributed by atoms with E-state index in [9.17, 15) is 14.7 Å². The number of carboxylic acid groups (broad SMARTS) is 1. The molecule has 0 aliphatic carbocycles. The SMILES string of the molecule is CCCCCCCCCCCC(=O)c1cc(C)ccc1C(S)C(=O)O. The molecule has 0 radical (unpaired) electrons. The maximum Gasteiger partial charge on any atom is 0.320 e. The van der Waals surface area contributed by atoms with Gasteiger partial charge in [-0.3, -0.25) is 9.59 Å². The highest BCUT2D eigenvalue weighted by molar-refractivity contribution is 7.81. The molecule has 1 atom stereocenters. The van der Waals surface area contributed by atoms with Crippen molar-refractivity contribution >= 4 is 24.4 Å². The molecule has 1 rings (SSSR count). The third-order valence-electron chi connectivity index (χ3n) is 4.55. The predicted molar refractivity (Wildman–Crippen MR) is 107 cm³/mol. The molecule has 0 heterocycles. The van der Waals surface area contributed by atoms with Crippen LogP contribution in [0, 0.1) is 6.92 Å². The highest BCUT2D eigenvalue weighted by Crippen LogP contribution is 2.26. The van der Waals surface area contributed by atoms with E-state index in [4.69, 9.17) is 0 Å². The summed E-state index contributed by atoms with van der Waals surface area (Å²) in [5.74, 6) is -0.994. The van der Waals surface area contributed by atoms with Crippen LogP contribution >= 0.6 is 12.6 Å². The third kappa shape index (κ3) is 8.08. The molecule has 0 saturated carbocycles. The Hall–Kier alpha value is -1.29. The van der Waals surface area contributed by atoms with Crippen LogP contribution in [0.5, 0.6) is 0 Å². The Labute approximate surface area is 157 Å². The molecular formula is C21H32O3S. The lowest BCUT2D eigenvalue weighted by molar-refractivity contribution is -0.136. The zero-order valence-corrected chi connectivity index (χ0v) is 16.5. The standard InChI is InChI=1S/C21H32O3S/c1-3-4-5-6-7-8-9-10-11-12-19(22)18-15-16(2)13-14-17(18)20(25)21(23)24/h13-15,20,25H,3-12H2,1-2H3,(H,23,24). The van der Waals surface area contributed by atoms with Crippen molar-refractivity contribution in [2.75, 3.05) is 0 Å². The Kier molecular flexibility index (Phi) is 10.6. The van der Waals surface area contributed by atoms with E-state index in [0.29, 0.717) is 17.5 Å². The topological polar surface area (TPSA) is 54.4 Å². The number of ketones is 1. The van der Waals surface area contributed by atoms with E-state index in [1.807, 2.05) is 13.0 Å². The van der Waals surface area contributed by atoms with Gasteiger partial charge >= 0.3 is 5.97 Å². The second-order valence-corrected chi connectivity index (χ2v) is 7.35. The number of Topliss-reactive ketones (excluding diaryl/α,β-unsaturated/α-hetero) is 1. The first-order valence-electron chi connectivity index (χ1n) is 9.52. The Morgan fingerprint density at radius 3 is 2.12 bits per heavy atom. The number of hydrogen-bond acceptors (Lipinski definition) is 3. The lowest BCUT2D eigenvalue weighted by Crippen LogP contribution is -2.11. The van der Waals surface area contributed by atoms with Crippen LogP contribution in [-0.2, 0) is 4.79 Å².